The second kappa shape index (κ2) is 4.12. The third-order valence-corrected chi connectivity index (χ3v) is 4.55. The first kappa shape index (κ1) is 12.0. The van der Waals surface area contributed by atoms with E-state index in [2.05, 4.69) is 5.32 Å². The van der Waals surface area contributed by atoms with Gasteiger partial charge in [0, 0.05) is 5.56 Å². The van der Waals surface area contributed by atoms with Gasteiger partial charge in [0.25, 0.3) is 0 Å². The van der Waals surface area contributed by atoms with Gasteiger partial charge in [0.15, 0.2) is 0 Å². The first-order valence-electron chi connectivity index (χ1n) is 7.15. The van der Waals surface area contributed by atoms with Crippen molar-refractivity contribution in [2.75, 3.05) is 19.7 Å². The summed E-state index contributed by atoms with van der Waals surface area (Å²) in [5.41, 5.74) is 0.403. The van der Waals surface area contributed by atoms with Crippen molar-refractivity contribution >= 4 is 6.03 Å². The number of ether oxygens (including phenoxy) is 1. The van der Waals surface area contributed by atoms with Gasteiger partial charge in [0.1, 0.15) is 18.0 Å². The zero-order valence-corrected chi connectivity index (χ0v) is 11.2. The predicted molar refractivity (Wildman–Crippen MR) is 72.5 cm³/mol. The molecule has 0 unspecified atom stereocenters. The van der Waals surface area contributed by atoms with Crippen LogP contribution in [-0.4, -0.2) is 41.3 Å². The Morgan fingerprint density at radius 3 is 2.85 bits per heavy atom. The monoisotopic (exact) mass is 274 g/mol. The lowest BCUT2D eigenvalue weighted by molar-refractivity contribution is -0.0921. The number of fused-ring (bicyclic) bond motifs is 1. The van der Waals surface area contributed by atoms with Crippen LogP contribution in [0.15, 0.2) is 24.3 Å². The molecule has 0 radical (unpaired) electrons. The Hall–Kier alpha value is -1.75. The highest BCUT2D eigenvalue weighted by Crippen LogP contribution is 2.44. The number of nitrogens with zero attached hydrogens (tertiary/aromatic N) is 1. The van der Waals surface area contributed by atoms with E-state index in [0.717, 1.165) is 24.2 Å². The van der Waals surface area contributed by atoms with E-state index in [9.17, 15) is 9.90 Å². The van der Waals surface area contributed by atoms with Gasteiger partial charge in [-0.25, -0.2) is 4.79 Å². The van der Waals surface area contributed by atoms with E-state index in [0.29, 0.717) is 25.6 Å². The van der Waals surface area contributed by atoms with Gasteiger partial charge in [-0.3, -0.25) is 0 Å². The molecular weight excluding hydrogens is 256 g/mol. The van der Waals surface area contributed by atoms with E-state index in [-0.39, 0.29) is 12.1 Å². The summed E-state index contributed by atoms with van der Waals surface area (Å²) in [5, 5.41) is 13.2. The van der Waals surface area contributed by atoms with Crippen molar-refractivity contribution in [2.24, 2.45) is 5.92 Å². The lowest BCUT2D eigenvalue weighted by Crippen LogP contribution is -2.66. The number of nitrogens with one attached hydrogen (secondary N) is 1. The van der Waals surface area contributed by atoms with Gasteiger partial charge in [-0.15, -0.1) is 0 Å². The van der Waals surface area contributed by atoms with Crippen LogP contribution < -0.4 is 10.1 Å². The summed E-state index contributed by atoms with van der Waals surface area (Å²) in [4.78, 5) is 13.8. The molecule has 2 fully saturated rings. The van der Waals surface area contributed by atoms with Gasteiger partial charge in [0.2, 0.25) is 0 Å². The van der Waals surface area contributed by atoms with Crippen LogP contribution in [0.4, 0.5) is 4.79 Å². The summed E-state index contributed by atoms with van der Waals surface area (Å²) in [7, 11) is 0. The van der Waals surface area contributed by atoms with Gasteiger partial charge in [-0.2, -0.15) is 0 Å². The number of benzene rings is 1. The number of urea groups is 1. The molecule has 0 aromatic heterocycles. The maximum Gasteiger partial charge on any atom is 0.318 e. The smallest absolute Gasteiger partial charge is 0.318 e. The van der Waals surface area contributed by atoms with Crippen LogP contribution in [-0.2, 0) is 0 Å². The van der Waals surface area contributed by atoms with Crippen LogP contribution in [0.2, 0.25) is 0 Å². The molecule has 2 amide bonds. The third kappa shape index (κ3) is 1.85. The fraction of sp³-hybridized carbons (Fsp3) is 0.533. The van der Waals surface area contributed by atoms with E-state index in [1.807, 2.05) is 24.3 Å². The van der Waals surface area contributed by atoms with Crippen molar-refractivity contribution in [3.8, 4) is 5.75 Å². The zero-order chi connectivity index (χ0) is 13.7. The molecule has 1 aromatic carbocycles. The molecule has 1 saturated heterocycles. The van der Waals surface area contributed by atoms with Crippen molar-refractivity contribution < 1.29 is 14.6 Å². The van der Waals surface area contributed by atoms with Crippen molar-refractivity contribution in [2.45, 2.75) is 24.5 Å². The fourth-order valence-corrected chi connectivity index (χ4v) is 3.16. The highest BCUT2D eigenvalue weighted by Gasteiger charge is 2.53. The van der Waals surface area contributed by atoms with E-state index in [1.54, 1.807) is 4.90 Å². The normalized spacial score (nSPS) is 26.4. The quantitative estimate of drug-likeness (QED) is 0.854. The average molecular weight is 274 g/mol. The fourth-order valence-electron chi connectivity index (χ4n) is 3.16. The van der Waals surface area contributed by atoms with Crippen molar-refractivity contribution in [1.82, 2.24) is 10.2 Å². The number of carbonyl (C=O) groups excluding carboxylic acids is 1. The number of β-amino-alcohol motifs (C(OH)–C–C–N with tert-alkyl or cyclic N) is 1. The summed E-state index contributed by atoms with van der Waals surface area (Å²) >= 11 is 0. The van der Waals surface area contributed by atoms with Crippen molar-refractivity contribution in [3.63, 3.8) is 0 Å². The lowest BCUT2D eigenvalue weighted by Gasteiger charge is -2.47. The Morgan fingerprint density at radius 1 is 1.35 bits per heavy atom. The van der Waals surface area contributed by atoms with Crippen LogP contribution >= 0.6 is 0 Å². The highest BCUT2D eigenvalue weighted by molar-refractivity contribution is 5.76. The van der Waals surface area contributed by atoms with Gasteiger partial charge >= 0.3 is 6.03 Å². The van der Waals surface area contributed by atoms with Crippen LogP contribution in [0.5, 0.6) is 5.75 Å². The molecule has 3 aliphatic rings. The zero-order valence-electron chi connectivity index (χ0n) is 11.2. The van der Waals surface area contributed by atoms with Crippen molar-refractivity contribution in [1.29, 1.82) is 0 Å². The molecule has 20 heavy (non-hydrogen) atoms. The highest BCUT2D eigenvalue weighted by atomic mass is 16.5. The molecule has 106 valence electrons. The Labute approximate surface area is 117 Å². The molecule has 0 bridgehead atoms. The van der Waals surface area contributed by atoms with E-state index in [1.165, 1.54) is 0 Å². The Morgan fingerprint density at radius 2 is 2.10 bits per heavy atom. The van der Waals surface area contributed by atoms with Gasteiger partial charge in [-0.1, -0.05) is 18.2 Å². The Bertz CT molecular complexity index is 550. The van der Waals surface area contributed by atoms with Crippen LogP contribution in [0, 0.1) is 5.92 Å². The summed E-state index contributed by atoms with van der Waals surface area (Å²) in [6, 6.07) is 7.56. The maximum atomic E-state index is 12.2. The number of amides is 2. The summed E-state index contributed by atoms with van der Waals surface area (Å²) in [5.74, 6) is 1.25. The van der Waals surface area contributed by atoms with E-state index >= 15 is 0 Å². The first-order chi connectivity index (χ1) is 9.66. The molecule has 2 aliphatic heterocycles. The van der Waals surface area contributed by atoms with Gasteiger partial charge < -0.3 is 20.1 Å². The first-order valence-corrected chi connectivity index (χ1v) is 7.15. The number of hydrogen-bond donors (Lipinski definition) is 2. The molecule has 1 aromatic rings. The van der Waals surface area contributed by atoms with Gasteiger partial charge in [0.05, 0.1) is 19.1 Å². The third-order valence-electron chi connectivity index (χ3n) is 4.55. The average Bonchev–Trinajstić information content (AvgIpc) is 3.19. The molecule has 4 rings (SSSR count). The Kier molecular flexibility index (Phi) is 2.48. The summed E-state index contributed by atoms with van der Waals surface area (Å²) in [6.07, 6.45) is 2.19. The topological polar surface area (TPSA) is 61.8 Å². The predicted octanol–water partition coefficient (Wildman–Crippen LogP) is 1.29. The molecule has 5 heteroatoms. The minimum Gasteiger partial charge on any atom is -0.491 e. The number of carbonyl (C=O) groups is 1. The standard InChI is InChI=1S/C15H18N2O3/c18-14(17-8-15(19,9-17)10-5-6-10)16-12-7-20-13-4-2-1-3-11(12)13/h1-4,10,12,19H,5-9H2,(H,16,18)/t12-/m1/s1. The summed E-state index contributed by atoms with van der Waals surface area (Å²) in [6.45, 7) is 1.39. The van der Waals surface area contributed by atoms with Gasteiger partial charge in [-0.05, 0) is 24.8 Å². The number of likely N-dealkylation sites (tertiary alicyclic amines) is 1. The minimum atomic E-state index is -0.624. The molecule has 5 nitrogen and oxygen atoms in total. The molecule has 0 spiro atoms. The number of rotatable bonds is 2. The molecule has 1 aliphatic carbocycles. The number of para-hydroxylation sites is 1. The summed E-state index contributed by atoms with van der Waals surface area (Å²) < 4.78 is 5.55. The molecular formula is C15H18N2O3. The van der Waals surface area contributed by atoms with Crippen LogP contribution in [0.25, 0.3) is 0 Å². The number of aliphatic hydroxyl groups is 1. The second-order valence-electron chi connectivity index (χ2n) is 6.08. The molecule has 1 saturated carbocycles. The largest absolute Gasteiger partial charge is 0.491 e. The maximum absolute atomic E-state index is 12.2. The van der Waals surface area contributed by atoms with E-state index in [4.69, 9.17) is 4.74 Å². The second-order valence-corrected chi connectivity index (χ2v) is 6.08. The SMILES string of the molecule is O=C(N[C@@H]1COc2ccccc21)N1CC(O)(C2CC2)C1. The van der Waals surface area contributed by atoms with E-state index < -0.39 is 5.60 Å². The molecule has 2 N–H and O–H groups in total. The molecule has 1 atom stereocenters. The van der Waals surface area contributed by atoms with Crippen LogP contribution in [0.3, 0.4) is 0 Å². The lowest BCUT2D eigenvalue weighted by atomic mass is 9.89. The molecule has 2 heterocycles. The van der Waals surface area contributed by atoms with Crippen LogP contribution in [0.1, 0.15) is 24.4 Å². The number of hydrogen-bond acceptors (Lipinski definition) is 3. The van der Waals surface area contributed by atoms with Crippen molar-refractivity contribution in [3.05, 3.63) is 29.8 Å². The Balaban J connectivity index is 1.38. The minimum absolute atomic E-state index is 0.0895.